The van der Waals surface area contributed by atoms with Crippen molar-refractivity contribution in [2.75, 3.05) is 17.2 Å². The Morgan fingerprint density at radius 1 is 1.02 bits per heavy atom. The Morgan fingerprint density at radius 2 is 1.71 bits per heavy atom. The molecule has 5 fully saturated rings. The fourth-order valence-electron chi connectivity index (χ4n) is 8.84. The molecule has 5 atom stereocenters. The number of hydrogen-bond acceptors (Lipinski definition) is 9. The van der Waals surface area contributed by atoms with Crippen LogP contribution in [0.2, 0.25) is 0 Å². The standard InChI is InChI=1S/C35H46F3N7O3/c1-33(2,3)48-32(46)44-27-10-8-26(9-11-27)43-29-23-12-21-13-24(29)16-34(14-21,15-23)20-42-30-25(17-39)19-41-31(45-30)40-18-22-6-4-5-7-28(22)47-35(36,37)38/h4-7,19,21,23-24,26-27,29,43H,8-16,18,20H2,1-3H3,(H,44,46)(H2,40,41,42,45)/t21?,23-,24+,26-,27-,29-,34-. The predicted octanol–water partition coefficient (Wildman–Crippen LogP) is 6.89. The molecule has 10 nitrogen and oxygen atoms in total. The summed E-state index contributed by atoms with van der Waals surface area (Å²) in [6.45, 7) is 6.35. The number of nitrogens with one attached hydrogen (secondary N) is 4. The van der Waals surface area contributed by atoms with Gasteiger partial charge in [-0.2, -0.15) is 10.2 Å². The molecule has 1 heterocycles. The van der Waals surface area contributed by atoms with Gasteiger partial charge in [-0.1, -0.05) is 18.2 Å². The van der Waals surface area contributed by atoms with E-state index in [0.29, 0.717) is 53.3 Å². The first-order chi connectivity index (χ1) is 22.8. The van der Waals surface area contributed by atoms with Gasteiger partial charge in [-0.25, -0.2) is 9.78 Å². The average molecular weight is 670 g/mol. The summed E-state index contributed by atoms with van der Waals surface area (Å²) < 4.78 is 48.2. The Labute approximate surface area is 280 Å². The van der Waals surface area contributed by atoms with Crippen LogP contribution in [0, 0.1) is 34.5 Å². The van der Waals surface area contributed by atoms with Gasteiger partial charge in [0.15, 0.2) is 0 Å². The first-order valence-electron chi connectivity index (χ1n) is 17.1. The highest BCUT2D eigenvalue weighted by molar-refractivity contribution is 5.68. The monoisotopic (exact) mass is 669 g/mol. The lowest BCUT2D eigenvalue weighted by molar-refractivity contribution is -0.274. The molecule has 1 amide bonds. The van der Waals surface area contributed by atoms with Crippen LogP contribution >= 0.6 is 0 Å². The van der Waals surface area contributed by atoms with Gasteiger partial charge in [0, 0.05) is 36.8 Å². The van der Waals surface area contributed by atoms with Crippen molar-refractivity contribution >= 4 is 17.9 Å². The number of halogens is 3. The maximum atomic E-state index is 12.9. The zero-order valence-electron chi connectivity index (χ0n) is 27.8. The molecule has 1 unspecified atom stereocenters. The Bertz CT molecular complexity index is 1480. The van der Waals surface area contributed by atoms with Crippen molar-refractivity contribution in [2.24, 2.45) is 23.2 Å². The largest absolute Gasteiger partial charge is 0.573 e. The smallest absolute Gasteiger partial charge is 0.444 e. The van der Waals surface area contributed by atoms with Crippen molar-refractivity contribution in [1.82, 2.24) is 20.6 Å². The molecule has 0 radical (unpaired) electrons. The van der Waals surface area contributed by atoms with Gasteiger partial charge in [0.1, 0.15) is 28.8 Å². The summed E-state index contributed by atoms with van der Waals surface area (Å²) in [6.07, 6.45) is 6.16. The van der Waals surface area contributed by atoms with E-state index in [1.807, 2.05) is 20.8 Å². The van der Waals surface area contributed by atoms with Crippen LogP contribution in [0.3, 0.4) is 0 Å². The summed E-state index contributed by atoms with van der Waals surface area (Å²) in [6, 6.07) is 9.20. The van der Waals surface area contributed by atoms with Gasteiger partial charge in [0.05, 0.1) is 6.20 Å². The van der Waals surface area contributed by atoms with Gasteiger partial charge in [0.2, 0.25) is 5.95 Å². The summed E-state index contributed by atoms with van der Waals surface area (Å²) in [4.78, 5) is 21.0. The summed E-state index contributed by atoms with van der Waals surface area (Å²) in [5, 5.41) is 23.3. The molecule has 48 heavy (non-hydrogen) atoms. The molecule has 1 aromatic carbocycles. The third-order valence-electron chi connectivity index (χ3n) is 10.5. The van der Waals surface area contributed by atoms with Crippen molar-refractivity contribution < 1.29 is 27.4 Å². The molecule has 13 heteroatoms. The first-order valence-corrected chi connectivity index (χ1v) is 17.1. The highest BCUT2D eigenvalue weighted by Gasteiger charge is 2.55. The molecule has 2 aromatic rings. The number of amides is 1. The van der Waals surface area contributed by atoms with Gasteiger partial charge < -0.3 is 30.7 Å². The highest BCUT2D eigenvalue weighted by atomic mass is 19.4. The summed E-state index contributed by atoms with van der Waals surface area (Å²) in [5.74, 6) is 2.26. The van der Waals surface area contributed by atoms with E-state index in [2.05, 4.69) is 42.0 Å². The molecule has 0 spiro atoms. The molecule has 7 rings (SSSR count). The fraction of sp³-hybridized carbons (Fsp3) is 0.657. The van der Waals surface area contributed by atoms with Crippen LogP contribution in [-0.2, 0) is 11.3 Å². The fourth-order valence-corrected chi connectivity index (χ4v) is 8.84. The Kier molecular flexibility index (Phi) is 9.67. The zero-order chi connectivity index (χ0) is 34.1. The van der Waals surface area contributed by atoms with Crippen LogP contribution in [0.5, 0.6) is 5.75 Å². The number of alkyl carbamates (subject to hydrolysis) is 1. The maximum Gasteiger partial charge on any atom is 0.573 e. The number of alkyl halides is 3. The zero-order valence-corrected chi connectivity index (χ0v) is 27.8. The molecular weight excluding hydrogens is 623 g/mol. The third-order valence-corrected chi connectivity index (χ3v) is 10.5. The van der Waals surface area contributed by atoms with Crippen molar-refractivity contribution in [3.63, 3.8) is 0 Å². The normalized spacial score (nSPS) is 29.5. The van der Waals surface area contributed by atoms with Crippen molar-refractivity contribution in [3.05, 3.63) is 41.6 Å². The number of para-hydroxylation sites is 1. The molecule has 5 aliphatic carbocycles. The van der Waals surface area contributed by atoms with Crippen molar-refractivity contribution in [1.29, 1.82) is 5.26 Å². The highest BCUT2D eigenvalue weighted by Crippen LogP contribution is 2.60. The van der Waals surface area contributed by atoms with Crippen LogP contribution in [0.4, 0.5) is 29.7 Å². The summed E-state index contributed by atoms with van der Waals surface area (Å²) in [5.41, 5.74) is 0.251. The van der Waals surface area contributed by atoms with E-state index in [4.69, 9.17) is 4.74 Å². The molecule has 5 aliphatic rings. The van der Waals surface area contributed by atoms with Crippen LogP contribution < -0.4 is 26.0 Å². The number of aromatic nitrogens is 2. The van der Waals surface area contributed by atoms with Gasteiger partial charge in [-0.05, 0) is 108 Å². The minimum absolute atomic E-state index is 0.0167. The lowest BCUT2D eigenvalue weighted by atomic mass is 9.47. The number of ether oxygens (including phenoxy) is 2. The number of hydrogen-bond donors (Lipinski definition) is 4. The van der Waals surface area contributed by atoms with E-state index < -0.39 is 12.0 Å². The Hall–Kier alpha value is -3.79. The number of nitrogens with zero attached hydrogens (tertiary/aromatic N) is 3. The van der Waals surface area contributed by atoms with E-state index in [-0.39, 0.29) is 35.8 Å². The molecule has 0 saturated heterocycles. The first kappa shape index (κ1) is 34.1. The van der Waals surface area contributed by atoms with Crippen LogP contribution in [0.25, 0.3) is 0 Å². The van der Waals surface area contributed by atoms with Crippen LogP contribution in [-0.4, -0.2) is 52.7 Å². The SMILES string of the molecule is CC(C)(C)OC(=O)N[C@H]1CC[C@H](N[C@@H]2[C@@H]3CC4C[C@H]2C[C@@](CNc2nc(NCc5ccccc5OC(F)(F)F)ncc2C#N)(C4)C3)CC1. The van der Waals surface area contributed by atoms with Gasteiger partial charge >= 0.3 is 12.5 Å². The second kappa shape index (κ2) is 13.6. The molecule has 5 saturated carbocycles. The number of nitriles is 1. The Balaban J connectivity index is 1.03. The minimum Gasteiger partial charge on any atom is -0.444 e. The number of benzene rings is 1. The van der Waals surface area contributed by atoms with E-state index in [1.54, 1.807) is 12.1 Å². The second-order valence-corrected chi connectivity index (χ2v) is 15.3. The second-order valence-electron chi connectivity index (χ2n) is 15.3. The molecular formula is C35H46F3N7O3. The summed E-state index contributed by atoms with van der Waals surface area (Å²) in [7, 11) is 0. The molecule has 260 valence electrons. The van der Waals surface area contributed by atoms with Gasteiger partial charge in [0.25, 0.3) is 0 Å². The van der Waals surface area contributed by atoms with Gasteiger partial charge in [-0.3, -0.25) is 0 Å². The Morgan fingerprint density at radius 3 is 2.38 bits per heavy atom. The number of anilines is 2. The molecule has 4 bridgehead atoms. The van der Waals surface area contributed by atoms with Crippen LogP contribution in [0.1, 0.15) is 89.7 Å². The van der Waals surface area contributed by atoms with E-state index in [1.165, 1.54) is 31.2 Å². The quantitative estimate of drug-likeness (QED) is 0.213. The minimum atomic E-state index is -4.80. The van der Waals surface area contributed by atoms with Crippen LogP contribution in [0.15, 0.2) is 30.5 Å². The third kappa shape index (κ3) is 8.43. The van der Waals surface area contributed by atoms with E-state index in [9.17, 15) is 23.2 Å². The number of carbonyl (C=O) groups is 1. The molecule has 4 N–H and O–H groups in total. The summed E-state index contributed by atoms with van der Waals surface area (Å²) >= 11 is 0. The maximum absolute atomic E-state index is 12.9. The van der Waals surface area contributed by atoms with Crippen molar-refractivity contribution in [2.45, 2.75) is 115 Å². The predicted molar refractivity (Wildman–Crippen MR) is 174 cm³/mol. The molecule has 0 aliphatic heterocycles. The lowest BCUT2D eigenvalue weighted by Gasteiger charge is -2.61. The van der Waals surface area contributed by atoms with Gasteiger partial charge in [-0.15, -0.1) is 13.2 Å². The average Bonchev–Trinajstić information content (AvgIpc) is 3.00. The number of rotatable bonds is 10. The van der Waals surface area contributed by atoms with E-state index in [0.717, 1.165) is 44.9 Å². The molecule has 1 aromatic heterocycles. The topological polar surface area (TPSA) is 133 Å². The van der Waals surface area contributed by atoms with Crippen molar-refractivity contribution in [3.8, 4) is 11.8 Å². The lowest BCUT2D eigenvalue weighted by Crippen LogP contribution is -2.61. The number of carbonyl (C=O) groups excluding carboxylic acids is 1. The van der Waals surface area contributed by atoms with E-state index >= 15 is 0 Å².